The van der Waals surface area contributed by atoms with Crippen LogP contribution in [0, 0.1) is 6.92 Å². The average molecular weight is 241 g/mol. The molecule has 0 aliphatic rings. The highest BCUT2D eigenvalue weighted by Gasteiger charge is 2.11. The van der Waals surface area contributed by atoms with Gasteiger partial charge in [0.05, 0.1) is 5.69 Å². The quantitative estimate of drug-likeness (QED) is 0.722. The minimum Gasteiger partial charge on any atom is -0.477 e. The van der Waals surface area contributed by atoms with Crippen molar-refractivity contribution < 1.29 is 14.3 Å². The predicted octanol–water partition coefficient (Wildman–Crippen LogP) is 3.43. The highest BCUT2D eigenvalue weighted by atomic mass is 16.4. The van der Waals surface area contributed by atoms with Crippen LogP contribution in [0.15, 0.2) is 40.8 Å². The molecule has 0 bridgehead atoms. The summed E-state index contributed by atoms with van der Waals surface area (Å²) in [4.78, 5) is 13.6. The molecule has 0 saturated heterocycles. The number of aromatic nitrogens is 1. The van der Waals surface area contributed by atoms with Gasteiger partial charge in [0.15, 0.2) is 5.76 Å². The minimum absolute atomic E-state index is 0.155. The zero-order valence-electron chi connectivity index (χ0n) is 9.73. The SMILES string of the molecule is Cc1cccc2oc(-c3ccc(C(=O)O)[nH]3)cc12. The molecule has 90 valence electrons. The summed E-state index contributed by atoms with van der Waals surface area (Å²) in [5.74, 6) is -0.333. The van der Waals surface area contributed by atoms with Crippen LogP contribution in [0.2, 0.25) is 0 Å². The van der Waals surface area contributed by atoms with E-state index in [0.717, 1.165) is 16.5 Å². The van der Waals surface area contributed by atoms with Gasteiger partial charge in [-0.1, -0.05) is 12.1 Å². The molecule has 0 atom stereocenters. The Hall–Kier alpha value is -2.49. The standard InChI is InChI=1S/C14H11NO3/c1-8-3-2-4-12-9(8)7-13(18-12)10-5-6-11(15-10)14(16)17/h2-7,15H,1H3,(H,16,17). The van der Waals surface area contributed by atoms with Gasteiger partial charge in [0, 0.05) is 5.39 Å². The fourth-order valence-electron chi connectivity index (χ4n) is 2.00. The Morgan fingerprint density at radius 2 is 2.11 bits per heavy atom. The number of H-pyrrole nitrogens is 1. The number of hydrogen-bond donors (Lipinski definition) is 2. The first-order chi connectivity index (χ1) is 8.65. The van der Waals surface area contributed by atoms with E-state index in [4.69, 9.17) is 9.52 Å². The lowest BCUT2D eigenvalue weighted by Crippen LogP contribution is -1.95. The van der Waals surface area contributed by atoms with E-state index in [-0.39, 0.29) is 5.69 Å². The van der Waals surface area contributed by atoms with E-state index in [2.05, 4.69) is 4.98 Å². The molecule has 2 aromatic heterocycles. The lowest BCUT2D eigenvalue weighted by molar-refractivity contribution is 0.0691. The maximum Gasteiger partial charge on any atom is 0.352 e. The number of furan rings is 1. The lowest BCUT2D eigenvalue weighted by Gasteiger charge is -1.91. The van der Waals surface area contributed by atoms with Crippen LogP contribution < -0.4 is 0 Å². The molecule has 0 fully saturated rings. The van der Waals surface area contributed by atoms with Gasteiger partial charge in [-0.25, -0.2) is 4.79 Å². The van der Waals surface area contributed by atoms with Gasteiger partial charge in [-0.2, -0.15) is 0 Å². The van der Waals surface area contributed by atoms with E-state index in [1.165, 1.54) is 6.07 Å². The van der Waals surface area contributed by atoms with Crippen molar-refractivity contribution in [1.29, 1.82) is 0 Å². The fraction of sp³-hybridized carbons (Fsp3) is 0.0714. The summed E-state index contributed by atoms with van der Waals surface area (Å²) in [7, 11) is 0. The summed E-state index contributed by atoms with van der Waals surface area (Å²) in [5, 5.41) is 9.91. The van der Waals surface area contributed by atoms with Gasteiger partial charge in [-0.05, 0) is 36.8 Å². The fourth-order valence-corrected chi connectivity index (χ4v) is 2.00. The van der Waals surface area contributed by atoms with Crippen molar-refractivity contribution in [2.24, 2.45) is 0 Å². The number of aryl methyl sites for hydroxylation is 1. The number of nitrogens with one attached hydrogen (secondary N) is 1. The molecule has 4 nitrogen and oxygen atoms in total. The number of carboxylic acid groups (broad SMARTS) is 1. The van der Waals surface area contributed by atoms with Crippen LogP contribution in [0.4, 0.5) is 0 Å². The van der Waals surface area contributed by atoms with Crippen LogP contribution in [-0.4, -0.2) is 16.1 Å². The molecule has 0 amide bonds. The Kier molecular flexibility index (Phi) is 2.23. The number of carboxylic acids is 1. The maximum absolute atomic E-state index is 10.8. The number of aromatic carboxylic acids is 1. The maximum atomic E-state index is 10.8. The number of benzene rings is 1. The molecule has 0 aliphatic heterocycles. The molecule has 1 aromatic carbocycles. The van der Waals surface area contributed by atoms with Crippen molar-refractivity contribution in [2.75, 3.05) is 0 Å². The van der Waals surface area contributed by atoms with Crippen molar-refractivity contribution in [3.63, 3.8) is 0 Å². The second kappa shape index (κ2) is 3.77. The third kappa shape index (κ3) is 1.59. The van der Waals surface area contributed by atoms with Crippen molar-refractivity contribution in [3.05, 3.63) is 47.7 Å². The average Bonchev–Trinajstić information content (AvgIpc) is 2.95. The smallest absolute Gasteiger partial charge is 0.352 e. The number of hydrogen-bond acceptors (Lipinski definition) is 2. The Morgan fingerprint density at radius 3 is 2.78 bits per heavy atom. The highest BCUT2D eigenvalue weighted by molar-refractivity contribution is 5.88. The van der Waals surface area contributed by atoms with Crippen LogP contribution in [0.1, 0.15) is 16.1 Å². The minimum atomic E-state index is -0.978. The number of carbonyl (C=O) groups is 1. The van der Waals surface area contributed by atoms with Gasteiger partial charge in [0.1, 0.15) is 11.3 Å². The molecule has 3 rings (SSSR count). The Morgan fingerprint density at radius 1 is 1.28 bits per heavy atom. The summed E-state index contributed by atoms with van der Waals surface area (Å²) in [6.45, 7) is 2.01. The topological polar surface area (TPSA) is 66.2 Å². The van der Waals surface area contributed by atoms with E-state index in [0.29, 0.717) is 11.5 Å². The summed E-state index contributed by atoms with van der Waals surface area (Å²) >= 11 is 0. The third-order valence-electron chi connectivity index (χ3n) is 2.96. The molecule has 2 heterocycles. The second-order valence-corrected chi connectivity index (χ2v) is 4.19. The third-order valence-corrected chi connectivity index (χ3v) is 2.96. The summed E-state index contributed by atoms with van der Waals surface area (Å²) in [6, 6.07) is 11.0. The first-order valence-electron chi connectivity index (χ1n) is 5.57. The molecule has 0 unspecified atom stereocenters. The van der Waals surface area contributed by atoms with Gasteiger partial charge in [0.2, 0.25) is 0 Å². The summed E-state index contributed by atoms with van der Waals surface area (Å²) < 4.78 is 5.70. The molecular formula is C14H11NO3. The molecule has 0 aliphatic carbocycles. The molecular weight excluding hydrogens is 230 g/mol. The molecule has 0 spiro atoms. The van der Waals surface area contributed by atoms with E-state index in [9.17, 15) is 4.79 Å². The van der Waals surface area contributed by atoms with Crippen molar-refractivity contribution >= 4 is 16.9 Å². The highest BCUT2D eigenvalue weighted by Crippen LogP contribution is 2.29. The first-order valence-corrected chi connectivity index (χ1v) is 5.57. The van der Waals surface area contributed by atoms with E-state index in [1.54, 1.807) is 6.07 Å². The van der Waals surface area contributed by atoms with Gasteiger partial charge in [-0.3, -0.25) is 0 Å². The van der Waals surface area contributed by atoms with Crippen LogP contribution in [0.25, 0.3) is 22.4 Å². The largest absolute Gasteiger partial charge is 0.477 e. The monoisotopic (exact) mass is 241 g/mol. The Bertz CT molecular complexity index is 736. The van der Waals surface area contributed by atoms with E-state index < -0.39 is 5.97 Å². The van der Waals surface area contributed by atoms with Gasteiger partial charge in [0.25, 0.3) is 0 Å². The summed E-state index contributed by atoms with van der Waals surface area (Å²) in [5.41, 5.74) is 2.76. The van der Waals surface area contributed by atoms with Crippen LogP contribution in [0.5, 0.6) is 0 Å². The van der Waals surface area contributed by atoms with Crippen LogP contribution in [-0.2, 0) is 0 Å². The molecule has 0 saturated carbocycles. The molecule has 4 heteroatoms. The molecule has 3 aromatic rings. The summed E-state index contributed by atoms with van der Waals surface area (Å²) in [6.07, 6.45) is 0. The predicted molar refractivity (Wildman–Crippen MR) is 67.7 cm³/mol. The zero-order chi connectivity index (χ0) is 12.7. The first kappa shape index (κ1) is 10.7. The number of fused-ring (bicyclic) bond motifs is 1. The zero-order valence-corrected chi connectivity index (χ0v) is 9.73. The Balaban J connectivity index is 2.13. The normalized spacial score (nSPS) is 10.9. The van der Waals surface area contributed by atoms with Crippen LogP contribution in [0.3, 0.4) is 0 Å². The van der Waals surface area contributed by atoms with Crippen LogP contribution >= 0.6 is 0 Å². The number of rotatable bonds is 2. The lowest BCUT2D eigenvalue weighted by atomic mass is 10.1. The van der Waals surface area contributed by atoms with E-state index in [1.807, 2.05) is 31.2 Å². The van der Waals surface area contributed by atoms with Crippen molar-refractivity contribution in [1.82, 2.24) is 4.98 Å². The van der Waals surface area contributed by atoms with Gasteiger partial charge in [-0.15, -0.1) is 0 Å². The number of aromatic amines is 1. The van der Waals surface area contributed by atoms with Gasteiger partial charge < -0.3 is 14.5 Å². The van der Waals surface area contributed by atoms with Gasteiger partial charge >= 0.3 is 5.97 Å². The Labute approximate surface area is 103 Å². The molecule has 2 N–H and O–H groups in total. The molecule has 18 heavy (non-hydrogen) atoms. The van der Waals surface area contributed by atoms with Crippen molar-refractivity contribution in [2.45, 2.75) is 6.92 Å². The van der Waals surface area contributed by atoms with Crippen molar-refractivity contribution in [3.8, 4) is 11.5 Å². The second-order valence-electron chi connectivity index (χ2n) is 4.19. The molecule has 0 radical (unpaired) electrons. The van der Waals surface area contributed by atoms with E-state index >= 15 is 0 Å².